The van der Waals surface area contributed by atoms with Crippen LogP contribution in [0.5, 0.6) is 0 Å². The zero-order chi connectivity index (χ0) is 14.5. The van der Waals surface area contributed by atoms with Crippen molar-refractivity contribution in [2.45, 2.75) is 32.0 Å². The average molecular weight is 291 g/mol. The number of carbonyl (C=O) groups is 1. The van der Waals surface area contributed by atoms with Crippen LogP contribution in [0.3, 0.4) is 0 Å². The molecule has 1 aromatic carbocycles. The number of benzene rings is 1. The van der Waals surface area contributed by atoms with Gasteiger partial charge in [-0.15, -0.1) is 10.2 Å². The van der Waals surface area contributed by atoms with Gasteiger partial charge < -0.3 is 9.73 Å². The molecule has 0 aliphatic rings. The van der Waals surface area contributed by atoms with Gasteiger partial charge in [0, 0.05) is 11.6 Å². The molecular formula is C14H17N3O2S. The molecule has 0 aliphatic carbocycles. The molecule has 0 bridgehead atoms. The molecule has 0 saturated carbocycles. The first-order valence-corrected chi connectivity index (χ1v) is 7.36. The van der Waals surface area contributed by atoms with Crippen molar-refractivity contribution in [3.8, 4) is 11.5 Å². The van der Waals surface area contributed by atoms with Crippen molar-refractivity contribution in [2.75, 3.05) is 5.75 Å². The molecule has 0 unspecified atom stereocenters. The van der Waals surface area contributed by atoms with Crippen molar-refractivity contribution in [3.63, 3.8) is 0 Å². The lowest BCUT2D eigenvalue weighted by Gasteiger charge is -2.06. The van der Waals surface area contributed by atoms with Crippen LogP contribution < -0.4 is 5.32 Å². The van der Waals surface area contributed by atoms with E-state index in [2.05, 4.69) is 15.5 Å². The van der Waals surface area contributed by atoms with Crippen LogP contribution in [0, 0.1) is 6.92 Å². The summed E-state index contributed by atoms with van der Waals surface area (Å²) in [5.74, 6) is 0.703. The highest BCUT2D eigenvalue weighted by Gasteiger charge is 2.11. The summed E-state index contributed by atoms with van der Waals surface area (Å²) in [5, 5.41) is 11.1. The van der Waals surface area contributed by atoms with Crippen LogP contribution in [0.2, 0.25) is 0 Å². The second-order valence-corrected chi connectivity index (χ2v) is 5.68. The highest BCUT2D eigenvalue weighted by atomic mass is 32.2. The van der Waals surface area contributed by atoms with Gasteiger partial charge in [-0.2, -0.15) is 0 Å². The van der Waals surface area contributed by atoms with Crippen molar-refractivity contribution in [2.24, 2.45) is 0 Å². The molecule has 5 nitrogen and oxygen atoms in total. The number of thioether (sulfide) groups is 1. The number of hydrogen-bond donors (Lipinski definition) is 1. The zero-order valence-electron chi connectivity index (χ0n) is 11.7. The Morgan fingerprint density at radius 2 is 2.20 bits per heavy atom. The number of carbonyl (C=O) groups excluding carboxylic acids is 1. The quantitative estimate of drug-likeness (QED) is 0.858. The maximum atomic E-state index is 11.5. The Hall–Kier alpha value is -1.82. The second kappa shape index (κ2) is 6.56. The Kier molecular flexibility index (Phi) is 4.79. The molecule has 2 rings (SSSR count). The first-order valence-electron chi connectivity index (χ1n) is 6.37. The maximum absolute atomic E-state index is 11.5. The molecule has 1 amide bonds. The molecule has 6 heteroatoms. The number of rotatable bonds is 5. The van der Waals surface area contributed by atoms with E-state index in [1.54, 1.807) is 0 Å². The van der Waals surface area contributed by atoms with E-state index in [-0.39, 0.29) is 17.7 Å². The fourth-order valence-corrected chi connectivity index (χ4v) is 2.23. The van der Waals surface area contributed by atoms with E-state index in [0.717, 1.165) is 11.1 Å². The van der Waals surface area contributed by atoms with E-state index in [1.807, 2.05) is 45.0 Å². The standard InChI is InChI=1S/C14H17N3O2S/c1-9(2)15-12(18)8-20-14-17-16-13(19-14)11-6-4-5-10(3)7-11/h4-7,9H,8H2,1-3H3,(H,15,18). The molecular weight excluding hydrogens is 274 g/mol. The molecule has 106 valence electrons. The molecule has 1 aromatic heterocycles. The Morgan fingerprint density at radius 1 is 1.40 bits per heavy atom. The highest BCUT2D eigenvalue weighted by molar-refractivity contribution is 7.99. The van der Waals surface area contributed by atoms with E-state index in [9.17, 15) is 4.79 Å². The third-order valence-electron chi connectivity index (χ3n) is 2.45. The van der Waals surface area contributed by atoms with Crippen molar-refractivity contribution >= 4 is 17.7 Å². The molecule has 0 spiro atoms. The molecule has 1 heterocycles. The summed E-state index contributed by atoms with van der Waals surface area (Å²) in [4.78, 5) is 11.5. The lowest BCUT2D eigenvalue weighted by molar-refractivity contribution is -0.119. The van der Waals surface area contributed by atoms with Gasteiger partial charge in [-0.25, -0.2) is 0 Å². The second-order valence-electron chi connectivity index (χ2n) is 4.75. The molecule has 0 saturated heterocycles. The maximum Gasteiger partial charge on any atom is 0.277 e. The highest BCUT2D eigenvalue weighted by Crippen LogP contribution is 2.23. The number of hydrogen-bond acceptors (Lipinski definition) is 5. The van der Waals surface area contributed by atoms with Crippen LogP contribution >= 0.6 is 11.8 Å². The molecule has 0 radical (unpaired) electrons. The Balaban J connectivity index is 1.97. The number of amides is 1. The fraction of sp³-hybridized carbons (Fsp3) is 0.357. The Bertz CT molecular complexity index is 596. The van der Waals surface area contributed by atoms with Gasteiger partial charge in [-0.1, -0.05) is 29.5 Å². The molecule has 0 fully saturated rings. The van der Waals surface area contributed by atoms with Crippen molar-refractivity contribution < 1.29 is 9.21 Å². The van der Waals surface area contributed by atoms with Crippen molar-refractivity contribution in [1.29, 1.82) is 0 Å². The van der Waals surface area contributed by atoms with E-state index in [1.165, 1.54) is 11.8 Å². The van der Waals surface area contributed by atoms with E-state index in [0.29, 0.717) is 11.1 Å². The van der Waals surface area contributed by atoms with Crippen LogP contribution in [0.25, 0.3) is 11.5 Å². The largest absolute Gasteiger partial charge is 0.411 e. The van der Waals surface area contributed by atoms with Crippen molar-refractivity contribution in [1.82, 2.24) is 15.5 Å². The number of aryl methyl sites for hydroxylation is 1. The van der Waals surface area contributed by atoms with Crippen LogP contribution in [-0.4, -0.2) is 27.9 Å². The van der Waals surface area contributed by atoms with Crippen molar-refractivity contribution in [3.05, 3.63) is 29.8 Å². The zero-order valence-corrected chi connectivity index (χ0v) is 12.5. The van der Waals surface area contributed by atoms with Crippen LogP contribution in [0.1, 0.15) is 19.4 Å². The van der Waals surface area contributed by atoms with Gasteiger partial charge in [0.05, 0.1) is 5.75 Å². The van der Waals surface area contributed by atoms with Gasteiger partial charge in [0.25, 0.3) is 5.22 Å². The van der Waals surface area contributed by atoms with Gasteiger partial charge in [0.2, 0.25) is 11.8 Å². The van der Waals surface area contributed by atoms with Crippen LogP contribution in [0.4, 0.5) is 0 Å². The molecule has 0 atom stereocenters. The lowest BCUT2D eigenvalue weighted by Crippen LogP contribution is -2.31. The smallest absolute Gasteiger partial charge is 0.277 e. The molecule has 20 heavy (non-hydrogen) atoms. The summed E-state index contributed by atoms with van der Waals surface area (Å²) in [6.07, 6.45) is 0. The minimum Gasteiger partial charge on any atom is -0.411 e. The topological polar surface area (TPSA) is 68.0 Å². The summed E-state index contributed by atoms with van der Waals surface area (Å²) >= 11 is 1.24. The minimum atomic E-state index is -0.0414. The number of aromatic nitrogens is 2. The first-order chi connectivity index (χ1) is 9.54. The Labute approximate surface area is 122 Å². The van der Waals surface area contributed by atoms with Gasteiger partial charge >= 0.3 is 0 Å². The predicted octanol–water partition coefficient (Wildman–Crippen LogP) is 2.66. The van der Waals surface area contributed by atoms with Crippen LogP contribution in [-0.2, 0) is 4.79 Å². The molecule has 0 aliphatic heterocycles. The Morgan fingerprint density at radius 3 is 2.90 bits per heavy atom. The van der Waals surface area contributed by atoms with Gasteiger partial charge in [-0.05, 0) is 32.9 Å². The van der Waals surface area contributed by atoms with E-state index in [4.69, 9.17) is 4.42 Å². The first kappa shape index (κ1) is 14.6. The average Bonchev–Trinajstić information content (AvgIpc) is 2.84. The van der Waals surface area contributed by atoms with Gasteiger partial charge in [-0.3, -0.25) is 4.79 Å². The normalized spacial score (nSPS) is 10.8. The molecule has 2 aromatic rings. The monoisotopic (exact) mass is 291 g/mol. The third-order valence-corrected chi connectivity index (χ3v) is 3.27. The fourth-order valence-electron chi connectivity index (χ4n) is 1.65. The third kappa shape index (κ3) is 4.09. The van der Waals surface area contributed by atoms with Gasteiger partial charge in [0.1, 0.15) is 0 Å². The summed E-state index contributed by atoms with van der Waals surface area (Å²) in [6, 6.07) is 7.98. The predicted molar refractivity (Wildman–Crippen MR) is 78.5 cm³/mol. The SMILES string of the molecule is Cc1cccc(-c2nnc(SCC(=O)NC(C)C)o2)c1. The number of nitrogens with one attached hydrogen (secondary N) is 1. The summed E-state index contributed by atoms with van der Waals surface area (Å²) in [6.45, 7) is 5.85. The number of nitrogens with zero attached hydrogens (tertiary/aromatic N) is 2. The molecule has 1 N–H and O–H groups in total. The summed E-state index contributed by atoms with van der Waals surface area (Å²) in [5.41, 5.74) is 2.02. The van der Waals surface area contributed by atoms with E-state index < -0.39 is 0 Å². The van der Waals surface area contributed by atoms with Crippen LogP contribution in [0.15, 0.2) is 33.9 Å². The summed E-state index contributed by atoms with van der Waals surface area (Å²) in [7, 11) is 0. The minimum absolute atomic E-state index is 0.0414. The lowest BCUT2D eigenvalue weighted by atomic mass is 10.1. The van der Waals surface area contributed by atoms with Gasteiger partial charge in [0.15, 0.2) is 0 Å². The summed E-state index contributed by atoms with van der Waals surface area (Å²) < 4.78 is 5.54. The van der Waals surface area contributed by atoms with E-state index >= 15 is 0 Å².